The van der Waals surface area contributed by atoms with Gasteiger partial charge in [0, 0.05) is 6.08 Å². The Hall–Kier alpha value is -2.24. The fraction of sp³-hybridized carbons (Fsp3) is 0.200. The lowest BCUT2D eigenvalue weighted by atomic mass is 10.1. The summed E-state index contributed by atoms with van der Waals surface area (Å²) in [5.41, 5.74) is 4.96. The van der Waals surface area contributed by atoms with E-state index in [1.807, 2.05) is 0 Å². The second-order valence-electron chi connectivity index (χ2n) is 2.67. The van der Waals surface area contributed by atoms with Gasteiger partial charge in [-0.2, -0.15) is 0 Å². The maximum absolute atomic E-state index is 11.0. The zero-order valence-corrected chi connectivity index (χ0v) is 9.02. The molecule has 0 fully saturated rings. The third kappa shape index (κ3) is 4.32. The molecule has 6 heteroatoms. The molecule has 0 aliphatic heterocycles. The van der Waals surface area contributed by atoms with E-state index in [4.69, 9.17) is 10.8 Å². The number of aliphatic carboxylic acids is 1. The van der Waals surface area contributed by atoms with Crippen molar-refractivity contribution in [1.82, 2.24) is 0 Å². The molecule has 0 rings (SSSR count). The first kappa shape index (κ1) is 13.8. The molecule has 0 saturated heterocycles. The molecule has 0 aromatic carbocycles. The number of hydrogen-bond acceptors (Lipinski definition) is 5. The summed E-state index contributed by atoms with van der Waals surface area (Å²) >= 11 is 0. The Bertz CT molecular complexity index is 367. The second kappa shape index (κ2) is 6.28. The Labute approximate surface area is 92.6 Å². The molecule has 3 N–H and O–H groups in total. The largest absolute Gasteiger partial charge is 0.483 e. The van der Waals surface area contributed by atoms with Crippen molar-refractivity contribution in [3.8, 4) is 0 Å². The van der Waals surface area contributed by atoms with Gasteiger partial charge in [0.1, 0.15) is 0 Å². The maximum atomic E-state index is 11.0. The maximum Gasteiger partial charge on any atom is 0.337 e. The minimum atomic E-state index is -1.26. The number of carboxylic acids is 1. The van der Waals surface area contributed by atoms with Crippen LogP contribution in [0.1, 0.15) is 0 Å². The first-order valence-corrected chi connectivity index (χ1v) is 4.15. The summed E-state index contributed by atoms with van der Waals surface area (Å²) in [5.74, 6) is -2.07. The van der Waals surface area contributed by atoms with E-state index >= 15 is 0 Å². The van der Waals surface area contributed by atoms with E-state index in [0.29, 0.717) is 0 Å². The average molecular weight is 227 g/mol. The van der Waals surface area contributed by atoms with Crippen LogP contribution in [0.15, 0.2) is 35.8 Å². The molecule has 0 radical (unpaired) electrons. The zero-order chi connectivity index (χ0) is 12.7. The van der Waals surface area contributed by atoms with Crippen LogP contribution in [0.4, 0.5) is 0 Å². The van der Waals surface area contributed by atoms with Crippen molar-refractivity contribution in [3.05, 3.63) is 35.8 Å². The Balaban J connectivity index is 5.08. The summed E-state index contributed by atoms with van der Waals surface area (Å²) in [6.45, 7) is 3.36. The number of nitrogens with two attached hydrogens (primary N) is 1. The Morgan fingerprint density at radius 1 is 1.25 bits per heavy atom. The second-order valence-corrected chi connectivity index (χ2v) is 2.67. The molecule has 0 bridgehead atoms. The number of carboxylic acid groups (broad SMARTS) is 1. The van der Waals surface area contributed by atoms with Crippen LogP contribution in [-0.4, -0.2) is 31.3 Å². The summed E-state index contributed by atoms with van der Waals surface area (Å²) in [6.07, 6.45) is 2.11. The zero-order valence-electron chi connectivity index (χ0n) is 9.02. The molecule has 0 spiro atoms. The number of ether oxygens (including phenoxy) is 2. The van der Waals surface area contributed by atoms with E-state index in [9.17, 15) is 9.59 Å². The molecular weight excluding hydrogens is 214 g/mol. The number of rotatable bonds is 5. The first-order valence-electron chi connectivity index (χ1n) is 4.15. The fourth-order valence-corrected chi connectivity index (χ4v) is 0.755. The molecule has 0 aromatic rings. The van der Waals surface area contributed by atoms with Gasteiger partial charge in [-0.3, -0.25) is 0 Å². The highest BCUT2D eigenvalue weighted by molar-refractivity contribution is 5.96. The normalized spacial score (nSPS) is 11.9. The molecule has 6 nitrogen and oxygen atoms in total. The molecule has 16 heavy (non-hydrogen) atoms. The van der Waals surface area contributed by atoms with Crippen LogP contribution in [-0.2, 0) is 19.1 Å². The lowest BCUT2D eigenvalue weighted by molar-refractivity contribution is -0.135. The average Bonchev–Trinajstić information content (AvgIpc) is 2.26. The van der Waals surface area contributed by atoms with Crippen molar-refractivity contribution < 1.29 is 24.2 Å². The van der Waals surface area contributed by atoms with Crippen LogP contribution >= 0.6 is 0 Å². The van der Waals surface area contributed by atoms with E-state index in [-0.39, 0.29) is 17.0 Å². The number of esters is 1. The highest BCUT2D eigenvalue weighted by Crippen LogP contribution is 2.06. The first-order chi connectivity index (χ1) is 7.42. The van der Waals surface area contributed by atoms with Gasteiger partial charge in [0.25, 0.3) is 0 Å². The van der Waals surface area contributed by atoms with Crippen LogP contribution in [0, 0.1) is 0 Å². The molecule has 0 unspecified atom stereocenters. The van der Waals surface area contributed by atoms with Gasteiger partial charge in [-0.05, 0) is 6.08 Å². The summed E-state index contributed by atoms with van der Waals surface area (Å²) in [7, 11) is 2.46. The van der Waals surface area contributed by atoms with Gasteiger partial charge >= 0.3 is 11.9 Å². The van der Waals surface area contributed by atoms with Gasteiger partial charge in [-0.25, -0.2) is 9.59 Å². The van der Waals surface area contributed by atoms with Crippen LogP contribution in [0.25, 0.3) is 0 Å². The van der Waals surface area contributed by atoms with Crippen LogP contribution in [0.5, 0.6) is 0 Å². The van der Waals surface area contributed by atoms with Crippen molar-refractivity contribution in [2.45, 2.75) is 0 Å². The van der Waals surface area contributed by atoms with E-state index in [2.05, 4.69) is 16.1 Å². The van der Waals surface area contributed by atoms with Crippen LogP contribution in [0.3, 0.4) is 0 Å². The summed E-state index contributed by atoms with van der Waals surface area (Å²) in [5, 5.41) is 8.80. The van der Waals surface area contributed by atoms with E-state index in [1.165, 1.54) is 14.2 Å². The predicted octanol–water partition coefficient (Wildman–Crippen LogP) is 0.173. The monoisotopic (exact) mass is 227 g/mol. The molecule has 0 aliphatic rings. The highest BCUT2D eigenvalue weighted by atomic mass is 16.5. The van der Waals surface area contributed by atoms with Gasteiger partial charge < -0.3 is 20.3 Å². The van der Waals surface area contributed by atoms with Gasteiger partial charge in [-0.15, -0.1) is 0 Å². The summed E-state index contributed by atoms with van der Waals surface area (Å²) in [4.78, 5) is 21.8. The van der Waals surface area contributed by atoms with Gasteiger partial charge in [0.15, 0.2) is 5.88 Å². The number of methoxy groups -OCH3 is 2. The lowest BCUT2D eigenvalue weighted by Gasteiger charge is -2.01. The molecule has 0 saturated carbocycles. The molecule has 0 aliphatic carbocycles. The van der Waals surface area contributed by atoms with Gasteiger partial charge in [0.2, 0.25) is 0 Å². The van der Waals surface area contributed by atoms with Crippen molar-refractivity contribution in [1.29, 1.82) is 0 Å². The number of carbonyl (C=O) groups excluding carboxylic acids is 1. The highest BCUT2D eigenvalue weighted by Gasteiger charge is 2.10. The molecule has 0 atom stereocenters. The van der Waals surface area contributed by atoms with Gasteiger partial charge in [0.05, 0.1) is 25.4 Å². The van der Waals surface area contributed by atoms with E-state index in [1.54, 1.807) is 0 Å². The third-order valence-corrected chi connectivity index (χ3v) is 1.56. The Morgan fingerprint density at radius 3 is 2.19 bits per heavy atom. The molecular formula is C10H13NO5. The quantitative estimate of drug-likeness (QED) is 0.301. The Morgan fingerprint density at radius 2 is 1.81 bits per heavy atom. The van der Waals surface area contributed by atoms with Crippen molar-refractivity contribution >= 4 is 11.9 Å². The summed E-state index contributed by atoms with van der Waals surface area (Å²) in [6, 6.07) is 0. The molecule has 0 heterocycles. The number of carbonyl (C=O) groups is 2. The number of hydrogen-bond donors (Lipinski definition) is 2. The predicted molar refractivity (Wildman–Crippen MR) is 56.2 cm³/mol. The molecule has 88 valence electrons. The lowest BCUT2D eigenvalue weighted by Crippen LogP contribution is -2.07. The Kier molecular flexibility index (Phi) is 5.40. The molecule has 0 amide bonds. The standard InChI is InChI=1S/C10H13NO5/c1-6(10(14)16-3)4-7(9(12)13)5-8(11)15-2/h4-5H,1,11H2,2-3H3,(H,12,13)/b7-4+,8-5+. The summed E-state index contributed by atoms with van der Waals surface area (Å²) < 4.78 is 8.95. The van der Waals surface area contributed by atoms with Crippen molar-refractivity contribution in [2.75, 3.05) is 14.2 Å². The molecule has 0 aromatic heterocycles. The minimum absolute atomic E-state index is 0.0914. The van der Waals surface area contributed by atoms with E-state index < -0.39 is 11.9 Å². The van der Waals surface area contributed by atoms with Crippen LogP contribution < -0.4 is 5.73 Å². The SMILES string of the molecule is C=C(/C=C(\C=C(/N)OC)C(=O)O)C(=O)OC. The van der Waals surface area contributed by atoms with E-state index in [0.717, 1.165) is 12.2 Å². The van der Waals surface area contributed by atoms with Gasteiger partial charge in [-0.1, -0.05) is 6.58 Å². The van der Waals surface area contributed by atoms with Crippen molar-refractivity contribution in [2.24, 2.45) is 5.73 Å². The smallest absolute Gasteiger partial charge is 0.337 e. The van der Waals surface area contributed by atoms with Crippen molar-refractivity contribution in [3.63, 3.8) is 0 Å². The third-order valence-electron chi connectivity index (χ3n) is 1.56. The van der Waals surface area contributed by atoms with Crippen LogP contribution in [0.2, 0.25) is 0 Å². The fourth-order valence-electron chi connectivity index (χ4n) is 0.755. The topological polar surface area (TPSA) is 98.9 Å². The minimum Gasteiger partial charge on any atom is -0.483 e.